The van der Waals surface area contributed by atoms with Gasteiger partial charge >= 0.3 is 0 Å². The van der Waals surface area contributed by atoms with Crippen molar-refractivity contribution in [3.05, 3.63) is 23.7 Å². The molecule has 5 heteroatoms. The molecule has 1 aromatic rings. The largest absolute Gasteiger partial charge is 0.463 e. The normalized spacial score (nSPS) is 25.3. The number of hydrogen-bond donors (Lipinski definition) is 0. The Morgan fingerprint density at radius 3 is 2.50 bits per heavy atom. The first-order valence-electron chi connectivity index (χ1n) is 5.38. The summed E-state index contributed by atoms with van der Waals surface area (Å²) < 4.78 is 27.2. The number of hydrogen-bond acceptors (Lipinski definition) is 5. The van der Waals surface area contributed by atoms with Gasteiger partial charge in [-0.1, -0.05) is 0 Å². The van der Waals surface area contributed by atoms with Crippen LogP contribution in [0.5, 0.6) is 0 Å². The van der Waals surface area contributed by atoms with Crippen LogP contribution >= 0.6 is 0 Å². The molecule has 0 aliphatic carbocycles. The summed E-state index contributed by atoms with van der Waals surface area (Å²) in [4.78, 5) is 0. The van der Waals surface area contributed by atoms with Crippen LogP contribution in [0.4, 0.5) is 0 Å². The lowest BCUT2D eigenvalue weighted by Crippen LogP contribution is -2.21. The van der Waals surface area contributed by atoms with Gasteiger partial charge in [-0.2, -0.15) is 0 Å². The van der Waals surface area contributed by atoms with E-state index in [1.165, 1.54) is 0 Å². The number of ether oxygens (including phenoxy) is 4. The highest BCUT2D eigenvalue weighted by Crippen LogP contribution is 2.34. The lowest BCUT2D eigenvalue weighted by molar-refractivity contribution is -0.150. The Labute approximate surface area is 93.2 Å². The average Bonchev–Trinajstić information content (AvgIpc) is 2.98. The van der Waals surface area contributed by atoms with E-state index < -0.39 is 12.1 Å². The van der Waals surface area contributed by atoms with Crippen LogP contribution in [-0.2, 0) is 24.7 Å². The van der Waals surface area contributed by atoms with Crippen molar-refractivity contribution in [2.45, 2.75) is 19.0 Å². The highest BCUT2D eigenvalue weighted by molar-refractivity contribution is 5.19. The SMILES string of the molecule is CC1(c2coc(C3OCCO3)c2)OCCO1. The molecule has 0 atom stereocenters. The fraction of sp³-hybridized carbons (Fsp3) is 0.636. The van der Waals surface area contributed by atoms with Crippen LogP contribution in [0.1, 0.15) is 24.5 Å². The summed E-state index contributed by atoms with van der Waals surface area (Å²) in [7, 11) is 0. The molecular formula is C11H14O5. The summed E-state index contributed by atoms with van der Waals surface area (Å²) in [6.07, 6.45) is 1.24. The first-order chi connectivity index (χ1) is 7.78. The van der Waals surface area contributed by atoms with Crippen molar-refractivity contribution >= 4 is 0 Å². The van der Waals surface area contributed by atoms with Gasteiger partial charge in [0.05, 0.1) is 32.7 Å². The number of rotatable bonds is 2. The predicted molar refractivity (Wildman–Crippen MR) is 52.6 cm³/mol. The van der Waals surface area contributed by atoms with Gasteiger partial charge in [0.1, 0.15) is 0 Å². The minimum Gasteiger partial charge on any atom is -0.463 e. The maximum absolute atomic E-state index is 5.54. The quantitative estimate of drug-likeness (QED) is 0.765. The molecule has 5 nitrogen and oxygen atoms in total. The van der Waals surface area contributed by atoms with Gasteiger partial charge < -0.3 is 23.4 Å². The Kier molecular flexibility index (Phi) is 2.48. The molecule has 0 saturated carbocycles. The molecule has 2 aliphatic heterocycles. The zero-order valence-corrected chi connectivity index (χ0v) is 9.10. The first kappa shape index (κ1) is 10.3. The van der Waals surface area contributed by atoms with E-state index in [2.05, 4.69) is 0 Å². The van der Waals surface area contributed by atoms with E-state index >= 15 is 0 Å². The molecule has 0 bridgehead atoms. The van der Waals surface area contributed by atoms with Crippen molar-refractivity contribution in [3.8, 4) is 0 Å². The predicted octanol–water partition coefficient (Wildman–Crippen LogP) is 1.54. The Bertz CT molecular complexity index is 360. The van der Waals surface area contributed by atoms with Crippen LogP contribution in [0.2, 0.25) is 0 Å². The fourth-order valence-electron chi connectivity index (χ4n) is 1.92. The third-order valence-electron chi connectivity index (χ3n) is 2.84. The zero-order chi connectivity index (χ0) is 11.0. The Morgan fingerprint density at radius 1 is 1.12 bits per heavy atom. The molecule has 88 valence electrons. The van der Waals surface area contributed by atoms with Gasteiger partial charge in [0.15, 0.2) is 11.5 Å². The van der Waals surface area contributed by atoms with Crippen LogP contribution in [0.3, 0.4) is 0 Å². The minimum atomic E-state index is -0.694. The second-order valence-corrected chi connectivity index (χ2v) is 3.95. The molecule has 0 spiro atoms. The smallest absolute Gasteiger partial charge is 0.217 e. The van der Waals surface area contributed by atoms with E-state index in [0.29, 0.717) is 32.2 Å². The van der Waals surface area contributed by atoms with Gasteiger partial charge in [-0.05, 0) is 13.0 Å². The van der Waals surface area contributed by atoms with Crippen molar-refractivity contribution in [1.82, 2.24) is 0 Å². The summed E-state index contributed by atoms with van der Waals surface area (Å²) in [6, 6.07) is 1.86. The standard InChI is InChI=1S/C11H14O5/c1-11(15-4-5-16-11)8-6-9(14-7-8)10-12-2-3-13-10/h6-7,10H,2-5H2,1H3. The minimum absolute atomic E-state index is 0.390. The fourth-order valence-corrected chi connectivity index (χ4v) is 1.92. The second-order valence-electron chi connectivity index (χ2n) is 3.95. The monoisotopic (exact) mass is 226 g/mol. The Hall–Kier alpha value is -0.880. The van der Waals surface area contributed by atoms with Crippen LogP contribution in [0, 0.1) is 0 Å². The molecule has 2 fully saturated rings. The van der Waals surface area contributed by atoms with Crippen molar-refractivity contribution in [3.63, 3.8) is 0 Å². The third kappa shape index (κ3) is 1.66. The molecule has 1 aromatic heterocycles. The molecule has 0 N–H and O–H groups in total. The van der Waals surface area contributed by atoms with Gasteiger partial charge in [0.2, 0.25) is 6.29 Å². The van der Waals surface area contributed by atoms with Crippen LogP contribution < -0.4 is 0 Å². The lowest BCUT2D eigenvalue weighted by atomic mass is 10.1. The summed E-state index contributed by atoms with van der Waals surface area (Å²) in [6.45, 7) is 4.29. The second kappa shape index (κ2) is 3.85. The van der Waals surface area contributed by atoms with E-state index in [9.17, 15) is 0 Å². The van der Waals surface area contributed by atoms with E-state index in [0.717, 1.165) is 5.56 Å². The van der Waals surface area contributed by atoms with Crippen LogP contribution in [0.15, 0.2) is 16.7 Å². The van der Waals surface area contributed by atoms with Crippen LogP contribution in [0.25, 0.3) is 0 Å². The molecule has 16 heavy (non-hydrogen) atoms. The van der Waals surface area contributed by atoms with Gasteiger partial charge in [-0.3, -0.25) is 0 Å². The topological polar surface area (TPSA) is 50.1 Å². The van der Waals surface area contributed by atoms with Gasteiger partial charge in [0, 0.05) is 5.56 Å². The summed E-state index contributed by atoms with van der Waals surface area (Å²) in [5, 5.41) is 0. The molecule has 2 saturated heterocycles. The van der Waals surface area contributed by atoms with Crippen LogP contribution in [-0.4, -0.2) is 26.4 Å². The maximum atomic E-state index is 5.54. The molecular weight excluding hydrogens is 212 g/mol. The lowest BCUT2D eigenvalue weighted by Gasteiger charge is -2.19. The molecule has 3 heterocycles. The van der Waals surface area contributed by atoms with E-state index in [4.69, 9.17) is 23.4 Å². The Morgan fingerprint density at radius 2 is 1.81 bits per heavy atom. The Balaban J connectivity index is 1.81. The maximum Gasteiger partial charge on any atom is 0.217 e. The summed E-state index contributed by atoms with van der Waals surface area (Å²) >= 11 is 0. The van der Waals surface area contributed by atoms with E-state index in [1.54, 1.807) is 6.26 Å². The molecule has 3 rings (SSSR count). The molecule has 0 unspecified atom stereocenters. The zero-order valence-electron chi connectivity index (χ0n) is 9.10. The van der Waals surface area contributed by atoms with Crippen molar-refractivity contribution in [2.75, 3.05) is 26.4 Å². The van der Waals surface area contributed by atoms with E-state index in [1.807, 2.05) is 13.0 Å². The first-order valence-corrected chi connectivity index (χ1v) is 5.38. The average molecular weight is 226 g/mol. The van der Waals surface area contributed by atoms with Crippen molar-refractivity contribution < 1.29 is 23.4 Å². The third-order valence-corrected chi connectivity index (χ3v) is 2.84. The number of furan rings is 1. The summed E-state index contributed by atoms with van der Waals surface area (Å²) in [5.74, 6) is -0.0341. The van der Waals surface area contributed by atoms with Crippen molar-refractivity contribution in [1.29, 1.82) is 0 Å². The van der Waals surface area contributed by atoms with Crippen molar-refractivity contribution in [2.24, 2.45) is 0 Å². The molecule has 0 amide bonds. The van der Waals surface area contributed by atoms with Gasteiger partial charge in [-0.15, -0.1) is 0 Å². The van der Waals surface area contributed by atoms with Gasteiger partial charge in [0.25, 0.3) is 0 Å². The van der Waals surface area contributed by atoms with Gasteiger partial charge in [-0.25, -0.2) is 0 Å². The summed E-state index contributed by atoms with van der Waals surface area (Å²) in [5.41, 5.74) is 0.860. The highest BCUT2D eigenvalue weighted by Gasteiger charge is 2.36. The van der Waals surface area contributed by atoms with E-state index in [-0.39, 0.29) is 0 Å². The molecule has 0 aromatic carbocycles. The highest BCUT2D eigenvalue weighted by atomic mass is 16.7. The molecule has 0 radical (unpaired) electrons. The molecule has 2 aliphatic rings.